The van der Waals surface area contributed by atoms with E-state index in [9.17, 15) is 8.42 Å². The summed E-state index contributed by atoms with van der Waals surface area (Å²) >= 11 is 2.89. The average Bonchev–Trinajstić information content (AvgIpc) is 2.78. The molecular formula is C11H18N2O3S3. The monoisotopic (exact) mass is 322 g/mol. The molecule has 1 aliphatic heterocycles. The van der Waals surface area contributed by atoms with E-state index in [4.69, 9.17) is 9.88 Å². The first-order chi connectivity index (χ1) is 8.90. The maximum atomic E-state index is 11.3. The van der Waals surface area contributed by atoms with Gasteiger partial charge in [0.2, 0.25) is 10.0 Å². The molecule has 0 aromatic carbocycles. The van der Waals surface area contributed by atoms with Crippen molar-refractivity contribution in [3.8, 4) is 0 Å². The molecule has 0 saturated heterocycles. The minimum Gasteiger partial charge on any atom is -0.382 e. The number of hydrogen-bond acceptors (Lipinski definition) is 6. The predicted octanol–water partition coefficient (Wildman–Crippen LogP) is 1.69. The molecule has 108 valence electrons. The molecule has 0 aliphatic carbocycles. The summed E-state index contributed by atoms with van der Waals surface area (Å²) in [5.74, 6) is 0. The van der Waals surface area contributed by atoms with Crippen LogP contribution in [0.2, 0.25) is 0 Å². The molecule has 1 aliphatic rings. The van der Waals surface area contributed by atoms with E-state index in [2.05, 4.69) is 4.31 Å². The lowest BCUT2D eigenvalue weighted by Crippen LogP contribution is -2.25. The van der Waals surface area contributed by atoms with Crippen LogP contribution in [0.25, 0.3) is 0 Å². The minimum absolute atomic E-state index is 0.241. The lowest BCUT2D eigenvalue weighted by molar-refractivity contribution is 0.106. The smallest absolute Gasteiger partial charge is 0.247 e. The Bertz CT molecular complexity index is 541. The van der Waals surface area contributed by atoms with Crippen LogP contribution in [0.3, 0.4) is 0 Å². The number of fused-ring (bicyclic) bond motifs is 1. The Morgan fingerprint density at radius 1 is 1.58 bits per heavy atom. The molecule has 2 N–H and O–H groups in total. The third-order valence-electron chi connectivity index (χ3n) is 3.06. The molecule has 19 heavy (non-hydrogen) atoms. The molecule has 1 unspecified atom stereocenters. The molecule has 0 saturated carbocycles. The van der Waals surface area contributed by atoms with Gasteiger partial charge in [-0.05, 0) is 43.3 Å². The van der Waals surface area contributed by atoms with Crippen LogP contribution in [0.15, 0.2) is 14.5 Å². The first-order valence-electron chi connectivity index (χ1n) is 6.01. The molecule has 1 atom stereocenters. The molecule has 2 heterocycles. The van der Waals surface area contributed by atoms with E-state index >= 15 is 0 Å². The van der Waals surface area contributed by atoms with E-state index < -0.39 is 10.0 Å². The highest BCUT2D eigenvalue weighted by molar-refractivity contribution is 7.99. The van der Waals surface area contributed by atoms with E-state index in [0.29, 0.717) is 0 Å². The van der Waals surface area contributed by atoms with Crippen LogP contribution in [-0.4, -0.2) is 39.0 Å². The molecule has 8 heteroatoms. The summed E-state index contributed by atoms with van der Waals surface area (Å²) in [6.45, 7) is 3.90. The number of sulfonamides is 1. The fraction of sp³-hybridized carbons (Fsp3) is 0.636. The number of thiophene rings is 1. The minimum atomic E-state index is -3.58. The van der Waals surface area contributed by atoms with E-state index in [1.54, 1.807) is 25.1 Å². The number of nitrogens with zero attached hydrogens (tertiary/aromatic N) is 1. The van der Waals surface area contributed by atoms with Crippen molar-refractivity contribution < 1.29 is 13.2 Å². The zero-order chi connectivity index (χ0) is 14.0. The number of ether oxygens (including phenoxy) is 1. The van der Waals surface area contributed by atoms with Crippen molar-refractivity contribution in [3.05, 3.63) is 11.6 Å². The Kier molecular flexibility index (Phi) is 4.91. The summed E-state index contributed by atoms with van der Waals surface area (Å²) in [5.41, 5.74) is 1.09. The Balaban J connectivity index is 2.02. The average molecular weight is 322 g/mol. The van der Waals surface area contributed by atoms with Gasteiger partial charge in [0.05, 0.1) is 10.3 Å². The highest BCUT2D eigenvalue weighted by Gasteiger charge is 2.23. The van der Waals surface area contributed by atoms with Gasteiger partial charge in [0.15, 0.2) is 0 Å². The molecule has 1 aromatic rings. The SMILES string of the molecule is COC(C)CCN1CCc2cc(S(N)(=O)=O)sc2S1. The Labute approximate surface area is 122 Å². The highest BCUT2D eigenvalue weighted by atomic mass is 32.3. The maximum Gasteiger partial charge on any atom is 0.247 e. The highest BCUT2D eigenvalue weighted by Crippen LogP contribution is 2.39. The van der Waals surface area contributed by atoms with Gasteiger partial charge in [0, 0.05) is 20.2 Å². The fourth-order valence-corrected chi connectivity index (χ4v) is 5.27. The molecule has 5 nitrogen and oxygen atoms in total. The van der Waals surface area contributed by atoms with Crippen molar-refractivity contribution in [3.63, 3.8) is 0 Å². The fourth-order valence-electron chi connectivity index (χ4n) is 1.79. The van der Waals surface area contributed by atoms with Crippen LogP contribution in [0, 0.1) is 0 Å². The van der Waals surface area contributed by atoms with E-state index in [-0.39, 0.29) is 10.3 Å². The van der Waals surface area contributed by atoms with Crippen LogP contribution in [-0.2, 0) is 21.2 Å². The molecule has 0 fully saturated rings. The summed E-state index contributed by atoms with van der Waals surface area (Å²) < 4.78 is 31.5. The standard InChI is InChI=1S/C11H18N2O3S3/c1-8(16-2)3-5-13-6-4-9-7-10(19(12,14)15)17-11(9)18-13/h7-8H,3-6H2,1-2H3,(H2,12,14,15). The molecule has 0 radical (unpaired) electrons. The first-order valence-corrected chi connectivity index (χ1v) is 9.15. The quantitative estimate of drug-likeness (QED) is 0.835. The van der Waals surface area contributed by atoms with Crippen molar-refractivity contribution in [1.29, 1.82) is 0 Å². The predicted molar refractivity (Wildman–Crippen MR) is 77.9 cm³/mol. The first kappa shape index (κ1) is 15.3. The molecule has 1 aromatic heterocycles. The summed E-state index contributed by atoms with van der Waals surface area (Å²) in [6.07, 6.45) is 2.08. The van der Waals surface area contributed by atoms with Gasteiger partial charge in [0.1, 0.15) is 4.21 Å². The van der Waals surface area contributed by atoms with Crippen molar-refractivity contribution in [2.24, 2.45) is 5.14 Å². The van der Waals surface area contributed by atoms with Crippen LogP contribution in [0.1, 0.15) is 18.9 Å². The summed E-state index contributed by atoms with van der Waals surface area (Å²) in [7, 11) is -1.87. The zero-order valence-corrected chi connectivity index (χ0v) is 13.4. The van der Waals surface area contributed by atoms with E-state index in [1.807, 2.05) is 6.92 Å². The summed E-state index contributed by atoms with van der Waals surface area (Å²) in [6, 6.07) is 1.71. The summed E-state index contributed by atoms with van der Waals surface area (Å²) in [4.78, 5) is 0. The molecular weight excluding hydrogens is 304 g/mol. The molecule has 0 spiro atoms. The maximum absolute atomic E-state index is 11.3. The van der Waals surface area contributed by atoms with Crippen molar-refractivity contribution in [1.82, 2.24) is 4.31 Å². The Morgan fingerprint density at radius 2 is 2.32 bits per heavy atom. The lowest BCUT2D eigenvalue weighted by Gasteiger charge is -2.25. The van der Waals surface area contributed by atoms with Gasteiger partial charge in [-0.3, -0.25) is 0 Å². The van der Waals surface area contributed by atoms with Gasteiger partial charge in [-0.1, -0.05) is 0 Å². The van der Waals surface area contributed by atoms with Gasteiger partial charge < -0.3 is 4.74 Å². The van der Waals surface area contributed by atoms with Crippen LogP contribution >= 0.6 is 23.3 Å². The molecule has 0 bridgehead atoms. The van der Waals surface area contributed by atoms with Crippen molar-refractivity contribution >= 4 is 33.3 Å². The van der Waals surface area contributed by atoms with Gasteiger partial charge in [-0.2, -0.15) is 0 Å². The third-order valence-corrected chi connectivity index (χ3v) is 6.98. The Morgan fingerprint density at radius 3 is 2.95 bits per heavy atom. The van der Waals surface area contributed by atoms with Crippen LogP contribution in [0.4, 0.5) is 0 Å². The number of primary sulfonamides is 1. The van der Waals surface area contributed by atoms with Gasteiger partial charge in [-0.25, -0.2) is 17.9 Å². The van der Waals surface area contributed by atoms with Gasteiger partial charge >= 0.3 is 0 Å². The lowest BCUT2D eigenvalue weighted by atomic mass is 10.2. The van der Waals surface area contributed by atoms with Gasteiger partial charge in [-0.15, -0.1) is 11.3 Å². The zero-order valence-electron chi connectivity index (χ0n) is 11.0. The van der Waals surface area contributed by atoms with E-state index in [0.717, 1.165) is 35.7 Å². The number of rotatable bonds is 5. The Hall–Kier alpha value is -0.120. The number of nitrogens with two attached hydrogens (primary N) is 1. The summed E-state index contributed by atoms with van der Waals surface area (Å²) in [5, 5.41) is 5.16. The largest absolute Gasteiger partial charge is 0.382 e. The van der Waals surface area contributed by atoms with E-state index in [1.165, 1.54) is 11.3 Å². The van der Waals surface area contributed by atoms with Crippen molar-refractivity contribution in [2.75, 3.05) is 20.2 Å². The normalized spacial score (nSPS) is 18.3. The number of methoxy groups -OCH3 is 1. The second-order valence-electron chi connectivity index (χ2n) is 4.53. The third kappa shape index (κ3) is 3.93. The van der Waals surface area contributed by atoms with Crippen LogP contribution in [0.5, 0.6) is 0 Å². The topological polar surface area (TPSA) is 72.6 Å². The second-order valence-corrected chi connectivity index (χ2v) is 8.73. The van der Waals surface area contributed by atoms with Crippen molar-refractivity contribution in [2.45, 2.75) is 34.3 Å². The molecule has 0 amide bonds. The van der Waals surface area contributed by atoms with Gasteiger partial charge in [0.25, 0.3) is 0 Å². The second kappa shape index (κ2) is 6.11. The molecule has 2 rings (SSSR count). The van der Waals surface area contributed by atoms with Crippen LogP contribution < -0.4 is 5.14 Å². The number of hydrogen-bond donors (Lipinski definition) is 1.